The zero-order valence-corrected chi connectivity index (χ0v) is 39.1. The number of β-amino-alcohol motifs (C(OH)–C–C–N with tert-alkyl or cyclic N) is 1. The van der Waals surface area contributed by atoms with Crippen LogP contribution < -0.4 is 25.6 Å². The van der Waals surface area contributed by atoms with Crippen molar-refractivity contribution in [2.75, 3.05) is 50.1 Å². The lowest BCUT2D eigenvalue weighted by molar-refractivity contribution is -0.144. The second-order valence-electron chi connectivity index (χ2n) is 18.6. The lowest BCUT2D eigenvalue weighted by Gasteiger charge is -2.43. The number of piperazine rings is 1. The Bertz CT molecular complexity index is 2490. The molecule has 0 spiro atoms. The van der Waals surface area contributed by atoms with Gasteiger partial charge in [-0.15, -0.1) is 11.3 Å². The first-order valence-electron chi connectivity index (χ1n) is 22.8. The van der Waals surface area contributed by atoms with Gasteiger partial charge in [0.1, 0.15) is 23.5 Å². The smallest absolute Gasteiger partial charge is 0.274 e. The van der Waals surface area contributed by atoms with Crippen molar-refractivity contribution >= 4 is 46.3 Å². The van der Waals surface area contributed by atoms with Crippen molar-refractivity contribution in [3.8, 4) is 27.6 Å². The molecule has 5 heterocycles. The van der Waals surface area contributed by atoms with E-state index < -0.39 is 23.6 Å². The Morgan fingerprint density at radius 2 is 1.71 bits per heavy atom. The molecule has 4 amide bonds. The molecule has 1 saturated carbocycles. The van der Waals surface area contributed by atoms with Gasteiger partial charge in [0.2, 0.25) is 17.7 Å². The van der Waals surface area contributed by atoms with Crippen molar-refractivity contribution in [2.24, 2.45) is 11.3 Å². The van der Waals surface area contributed by atoms with Crippen LogP contribution >= 0.6 is 11.3 Å². The highest BCUT2D eigenvalue weighted by Gasteiger charge is 2.45. The number of rotatable bonds is 13. The molecule has 0 bridgehead atoms. The van der Waals surface area contributed by atoms with Crippen LogP contribution in [0.2, 0.25) is 0 Å². The second-order valence-corrected chi connectivity index (χ2v) is 19.5. The van der Waals surface area contributed by atoms with Gasteiger partial charge in [-0.1, -0.05) is 51.1 Å². The molecule has 3 fully saturated rings. The number of carbonyl (C=O) groups excluding carboxylic acids is 4. The third kappa shape index (κ3) is 10.6. The molecule has 16 nitrogen and oxygen atoms in total. The molecule has 348 valence electrons. The number of thiazole rings is 1. The van der Waals surface area contributed by atoms with Gasteiger partial charge in [0.05, 0.1) is 46.4 Å². The first-order valence-corrected chi connectivity index (χ1v) is 23.6. The Labute approximate surface area is 389 Å². The number of nitrogens with zero attached hydrogens (tertiary/aromatic N) is 6. The van der Waals surface area contributed by atoms with Crippen molar-refractivity contribution in [1.82, 2.24) is 40.6 Å². The minimum Gasteiger partial charge on any atom is -0.494 e. The third-order valence-electron chi connectivity index (χ3n) is 13.1. The highest BCUT2D eigenvalue weighted by atomic mass is 32.1. The first-order chi connectivity index (χ1) is 31.7. The van der Waals surface area contributed by atoms with Crippen LogP contribution in [0.3, 0.4) is 0 Å². The fraction of sp³-hybridized carbons (Fsp3) is 0.449. The largest absolute Gasteiger partial charge is 0.494 e. The summed E-state index contributed by atoms with van der Waals surface area (Å²) < 4.78 is 5.71. The molecule has 0 radical (unpaired) electrons. The number of nitrogens with one attached hydrogen (secondary N) is 4. The van der Waals surface area contributed by atoms with E-state index in [1.165, 1.54) is 4.90 Å². The van der Waals surface area contributed by atoms with E-state index >= 15 is 0 Å². The van der Waals surface area contributed by atoms with Crippen molar-refractivity contribution in [1.29, 1.82) is 0 Å². The Morgan fingerprint density at radius 3 is 2.38 bits per heavy atom. The summed E-state index contributed by atoms with van der Waals surface area (Å²) >= 11 is 1.58. The van der Waals surface area contributed by atoms with Gasteiger partial charge < -0.3 is 35.6 Å². The van der Waals surface area contributed by atoms with Crippen LogP contribution in [0.25, 0.3) is 21.8 Å². The van der Waals surface area contributed by atoms with Gasteiger partial charge in [-0.2, -0.15) is 5.10 Å². The number of aryl methyl sites for hydroxylation is 1. The maximum Gasteiger partial charge on any atom is 0.274 e. The summed E-state index contributed by atoms with van der Waals surface area (Å²) in [5, 5.41) is 26.6. The van der Waals surface area contributed by atoms with Crippen LogP contribution in [-0.2, 0) is 20.9 Å². The van der Waals surface area contributed by atoms with E-state index in [0.29, 0.717) is 36.0 Å². The number of H-pyrrole nitrogens is 1. The zero-order valence-electron chi connectivity index (χ0n) is 38.3. The van der Waals surface area contributed by atoms with E-state index in [-0.39, 0.29) is 54.8 Å². The number of aromatic nitrogens is 4. The summed E-state index contributed by atoms with van der Waals surface area (Å²) in [6.45, 7) is 11.4. The van der Waals surface area contributed by atoms with Gasteiger partial charge in [-0.05, 0) is 79.5 Å². The molecule has 17 heteroatoms. The lowest BCUT2D eigenvalue weighted by Crippen LogP contribution is -2.58. The predicted octanol–water partition coefficient (Wildman–Crippen LogP) is 5.65. The topological polar surface area (TPSA) is 198 Å². The van der Waals surface area contributed by atoms with Gasteiger partial charge in [-0.25, -0.2) is 9.97 Å². The van der Waals surface area contributed by atoms with Gasteiger partial charge >= 0.3 is 0 Å². The molecule has 66 heavy (non-hydrogen) atoms. The number of aliphatic hydroxyl groups is 1. The standard InChI is InChI=1S/C49H60N10O6S/c1-30-43(66-29-51-30)32-11-9-31(10-12-32)27-50-47(63)41-26-36(60)28-59(41)48(64)44(49(2,3)4)55-45(61)33-13-15-34(16-14-33)57-21-23-58(24-22-57)35-17-18-39(42(25-35)65-5)54-46(62)40-8-6-7-37(53-40)38-19-20-52-56-38/h6-12,17-20,25,29,33-34,36,41,44,60H,13-16,21-24,26-28H2,1-5H3,(H,50,63)(H,52,56)(H,54,62)(H,55,61)/t33?,34?,36-,41+,44-/m1/s1. The predicted molar refractivity (Wildman–Crippen MR) is 254 cm³/mol. The summed E-state index contributed by atoms with van der Waals surface area (Å²) in [5.74, 6) is -0.846. The van der Waals surface area contributed by atoms with E-state index in [4.69, 9.17) is 4.74 Å². The summed E-state index contributed by atoms with van der Waals surface area (Å²) in [4.78, 5) is 71.2. The second kappa shape index (κ2) is 20.1. The Hall–Kier alpha value is -6.17. The van der Waals surface area contributed by atoms with Gasteiger partial charge in [0.15, 0.2) is 0 Å². The quantitative estimate of drug-likeness (QED) is 0.0979. The average Bonchev–Trinajstić information content (AvgIpc) is 4.12. The minimum atomic E-state index is -0.870. The number of anilines is 2. The fourth-order valence-electron chi connectivity index (χ4n) is 9.36. The van der Waals surface area contributed by atoms with Crippen LogP contribution in [-0.4, -0.2) is 123 Å². The highest BCUT2D eigenvalue weighted by Crippen LogP contribution is 2.34. The number of methoxy groups -OCH3 is 1. The monoisotopic (exact) mass is 916 g/mol. The first kappa shape index (κ1) is 46.4. The highest BCUT2D eigenvalue weighted by molar-refractivity contribution is 7.13. The van der Waals surface area contributed by atoms with E-state index in [0.717, 1.165) is 72.1 Å². The lowest BCUT2D eigenvalue weighted by atomic mass is 9.82. The molecule has 2 saturated heterocycles. The number of amides is 4. The maximum absolute atomic E-state index is 14.3. The van der Waals surface area contributed by atoms with E-state index in [1.807, 2.05) is 81.7 Å². The van der Waals surface area contributed by atoms with Crippen LogP contribution in [0.1, 0.15) is 74.6 Å². The molecule has 5 aromatic rings. The summed E-state index contributed by atoms with van der Waals surface area (Å²) in [5.41, 5.74) is 7.31. The molecule has 0 unspecified atom stereocenters. The fourth-order valence-corrected chi connectivity index (χ4v) is 10.2. The number of carbonyl (C=O) groups is 4. The van der Waals surface area contributed by atoms with Crippen molar-refractivity contribution in [3.05, 3.63) is 95.4 Å². The molecule has 2 aromatic carbocycles. The number of ether oxygens (including phenoxy) is 1. The summed E-state index contributed by atoms with van der Waals surface area (Å²) in [7, 11) is 1.59. The Balaban J connectivity index is 0.808. The minimum absolute atomic E-state index is 0.0271. The van der Waals surface area contributed by atoms with E-state index in [2.05, 4.69) is 45.9 Å². The number of benzene rings is 2. The van der Waals surface area contributed by atoms with Gasteiger partial charge in [-0.3, -0.25) is 29.2 Å². The molecular weight excluding hydrogens is 857 g/mol. The SMILES string of the molecule is COc1cc(N2CCN(C3CCC(C(=O)N[C@H](C(=O)N4C[C@H](O)C[C@H]4C(=O)NCc4ccc(-c5scnc5C)cc4)C(C)(C)C)CC3)CC2)ccc1NC(=O)c1cccc(-c2ccn[nH]2)n1. The Morgan fingerprint density at radius 1 is 0.955 bits per heavy atom. The van der Waals surface area contributed by atoms with Gasteiger partial charge in [0, 0.05) is 75.6 Å². The molecule has 3 aromatic heterocycles. The van der Waals surface area contributed by atoms with Crippen LogP contribution in [0.5, 0.6) is 5.75 Å². The van der Waals surface area contributed by atoms with Crippen LogP contribution in [0, 0.1) is 18.3 Å². The number of hydrogen-bond donors (Lipinski definition) is 5. The summed E-state index contributed by atoms with van der Waals surface area (Å²) in [6, 6.07) is 19.5. The number of hydrogen-bond acceptors (Lipinski definition) is 12. The molecule has 5 N–H and O–H groups in total. The Kier molecular flexibility index (Phi) is 14.2. The van der Waals surface area contributed by atoms with Crippen molar-refractivity contribution < 1.29 is 29.0 Å². The zero-order chi connectivity index (χ0) is 46.5. The third-order valence-corrected chi connectivity index (χ3v) is 14.1. The van der Waals surface area contributed by atoms with E-state index in [1.54, 1.807) is 42.8 Å². The molecular formula is C49H60N10O6S. The van der Waals surface area contributed by atoms with Crippen molar-refractivity contribution in [2.45, 2.75) is 90.6 Å². The summed E-state index contributed by atoms with van der Waals surface area (Å²) in [6.07, 6.45) is 4.11. The van der Waals surface area contributed by atoms with Gasteiger partial charge in [0.25, 0.3) is 5.91 Å². The molecule has 1 aliphatic carbocycles. The average molecular weight is 917 g/mol. The number of likely N-dealkylation sites (tertiary alicyclic amines) is 1. The van der Waals surface area contributed by atoms with Crippen molar-refractivity contribution in [3.63, 3.8) is 0 Å². The maximum atomic E-state index is 14.3. The molecule has 2 aliphatic heterocycles. The van der Waals surface area contributed by atoms with Crippen LogP contribution in [0.4, 0.5) is 11.4 Å². The number of aromatic amines is 1. The molecule has 3 aliphatic rings. The molecule has 8 rings (SSSR count). The normalized spacial score (nSPS) is 20.7. The van der Waals surface area contributed by atoms with Crippen LogP contribution in [0.15, 0.2) is 78.4 Å². The number of aliphatic hydroxyl groups excluding tert-OH is 1. The number of pyridine rings is 1. The molecule has 3 atom stereocenters. The van der Waals surface area contributed by atoms with E-state index in [9.17, 15) is 24.3 Å².